The highest BCUT2D eigenvalue weighted by Gasteiger charge is 2.30. The highest BCUT2D eigenvalue weighted by molar-refractivity contribution is 7.80. The van der Waals surface area contributed by atoms with Crippen LogP contribution in [0, 0.1) is 0 Å². The van der Waals surface area contributed by atoms with Gasteiger partial charge in [-0.2, -0.15) is 0 Å². The van der Waals surface area contributed by atoms with Gasteiger partial charge >= 0.3 is 6.36 Å². The van der Waals surface area contributed by atoms with Gasteiger partial charge < -0.3 is 19.9 Å². The number of hydrogen-bond donors (Lipinski definition) is 1. The van der Waals surface area contributed by atoms with Gasteiger partial charge in [0.15, 0.2) is 5.11 Å². The lowest BCUT2D eigenvalue weighted by Crippen LogP contribution is -2.38. The zero-order chi connectivity index (χ0) is 19.9. The molecule has 0 aliphatic heterocycles. The number of nitrogens with zero attached hydrogens (tertiary/aromatic N) is 2. The molecule has 4 nitrogen and oxygen atoms in total. The highest BCUT2D eigenvalue weighted by atomic mass is 32.1. The lowest BCUT2D eigenvalue weighted by atomic mass is 10.2. The van der Waals surface area contributed by atoms with Gasteiger partial charge in [0.05, 0.1) is 0 Å². The minimum Gasteiger partial charge on any atom is -0.406 e. The van der Waals surface area contributed by atoms with Crippen molar-refractivity contribution in [3.63, 3.8) is 0 Å². The molecule has 0 saturated carbocycles. The lowest BCUT2D eigenvalue weighted by Gasteiger charge is -2.27. The fraction of sp³-hybridized carbons (Fsp3) is 0.316. The van der Waals surface area contributed by atoms with Gasteiger partial charge in [-0.25, -0.2) is 0 Å². The fourth-order valence-corrected chi connectivity index (χ4v) is 2.59. The Labute approximate surface area is 162 Å². The lowest BCUT2D eigenvalue weighted by molar-refractivity contribution is -0.274. The standard InChI is InChI=1S/C19H22F3N3OS/c1-24(2)12-13-25(14-15-6-4-3-5-7-15)18(27)23-16-8-10-17(11-9-16)26-19(20,21)22/h3-11H,12-14H2,1-2H3,(H,23,27). The third kappa shape index (κ3) is 7.84. The first-order valence-electron chi connectivity index (χ1n) is 8.33. The first-order valence-corrected chi connectivity index (χ1v) is 8.74. The second kappa shape index (κ2) is 9.57. The zero-order valence-corrected chi connectivity index (χ0v) is 16.0. The van der Waals surface area contributed by atoms with Crippen molar-refractivity contribution in [2.45, 2.75) is 12.9 Å². The van der Waals surface area contributed by atoms with Crippen LogP contribution in [0.1, 0.15) is 5.56 Å². The van der Waals surface area contributed by atoms with Gasteiger partial charge in [0, 0.05) is 25.3 Å². The van der Waals surface area contributed by atoms with Gasteiger partial charge in [-0.1, -0.05) is 30.3 Å². The van der Waals surface area contributed by atoms with Crippen molar-refractivity contribution in [2.24, 2.45) is 0 Å². The van der Waals surface area contributed by atoms with Crippen LogP contribution in [0.2, 0.25) is 0 Å². The third-order valence-electron chi connectivity index (χ3n) is 3.66. The summed E-state index contributed by atoms with van der Waals surface area (Å²) in [6.45, 7) is 2.16. The number of anilines is 1. The predicted molar refractivity (Wildman–Crippen MR) is 105 cm³/mol. The van der Waals surface area contributed by atoms with E-state index in [1.165, 1.54) is 24.3 Å². The van der Waals surface area contributed by atoms with Gasteiger partial charge in [-0.3, -0.25) is 0 Å². The molecule has 0 fully saturated rings. The number of hydrogen-bond acceptors (Lipinski definition) is 3. The normalized spacial score (nSPS) is 11.3. The number of alkyl halides is 3. The average Bonchev–Trinajstić information content (AvgIpc) is 2.59. The molecule has 0 aliphatic rings. The Balaban J connectivity index is 2.03. The summed E-state index contributed by atoms with van der Waals surface area (Å²) < 4.78 is 40.6. The molecule has 0 radical (unpaired) electrons. The molecule has 0 heterocycles. The summed E-state index contributed by atoms with van der Waals surface area (Å²) in [5, 5.41) is 3.58. The van der Waals surface area contributed by atoms with Crippen LogP contribution >= 0.6 is 12.2 Å². The second-order valence-electron chi connectivity index (χ2n) is 6.21. The topological polar surface area (TPSA) is 27.7 Å². The van der Waals surface area contributed by atoms with Gasteiger partial charge in [0.1, 0.15) is 5.75 Å². The second-order valence-corrected chi connectivity index (χ2v) is 6.60. The van der Waals surface area contributed by atoms with Crippen LogP contribution in [0.4, 0.5) is 18.9 Å². The maximum absolute atomic E-state index is 12.2. The summed E-state index contributed by atoms with van der Waals surface area (Å²) in [5.74, 6) is -0.271. The largest absolute Gasteiger partial charge is 0.573 e. The minimum atomic E-state index is -4.71. The zero-order valence-electron chi connectivity index (χ0n) is 15.2. The Kier molecular flexibility index (Phi) is 7.44. The number of rotatable bonds is 7. The smallest absolute Gasteiger partial charge is 0.406 e. The number of thiocarbonyl (C=S) groups is 1. The molecule has 1 N–H and O–H groups in total. The Morgan fingerprint density at radius 1 is 1.00 bits per heavy atom. The van der Waals surface area contributed by atoms with Gasteiger partial charge in [-0.15, -0.1) is 13.2 Å². The quantitative estimate of drug-likeness (QED) is 0.702. The summed E-state index contributed by atoms with van der Waals surface area (Å²) in [4.78, 5) is 4.08. The molecule has 0 spiro atoms. The van der Waals surface area contributed by atoms with Crippen LogP contribution in [0.3, 0.4) is 0 Å². The van der Waals surface area contributed by atoms with Crippen molar-refractivity contribution in [1.82, 2.24) is 9.80 Å². The first kappa shape index (κ1) is 21.0. The number of likely N-dealkylation sites (N-methyl/N-ethyl adjacent to an activating group) is 1. The molecule has 27 heavy (non-hydrogen) atoms. The summed E-state index contributed by atoms with van der Waals surface area (Å²) in [6, 6.07) is 15.4. The first-order chi connectivity index (χ1) is 12.7. The molecular formula is C19H22F3N3OS. The van der Waals surface area contributed by atoms with E-state index in [-0.39, 0.29) is 5.75 Å². The van der Waals surface area contributed by atoms with E-state index < -0.39 is 6.36 Å². The van der Waals surface area contributed by atoms with Gasteiger partial charge in [-0.05, 0) is 56.1 Å². The molecule has 2 aromatic rings. The maximum Gasteiger partial charge on any atom is 0.573 e. The summed E-state index contributed by atoms with van der Waals surface area (Å²) in [5.41, 5.74) is 1.71. The summed E-state index contributed by atoms with van der Waals surface area (Å²) in [7, 11) is 3.97. The number of halogens is 3. The van der Waals surface area contributed by atoms with E-state index >= 15 is 0 Å². The fourth-order valence-electron chi connectivity index (χ4n) is 2.32. The Hall–Kier alpha value is -2.32. The summed E-state index contributed by atoms with van der Waals surface area (Å²) in [6.07, 6.45) is -4.71. The number of ether oxygens (including phenoxy) is 1. The van der Waals surface area contributed by atoms with E-state index in [4.69, 9.17) is 12.2 Å². The van der Waals surface area contributed by atoms with Crippen LogP contribution in [0.15, 0.2) is 54.6 Å². The Morgan fingerprint density at radius 2 is 1.63 bits per heavy atom. The minimum absolute atomic E-state index is 0.271. The SMILES string of the molecule is CN(C)CCN(Cc1ccccc1)C(=S)Nc1ccc(OC(F)(F)F)cc1. The molecule has 0 unspecified atom stereocenters. The van der Waals surface area contributed by atoms with E-state index in [1.807, 2.05) is 49.3 Å². The Morgan fingerprint density at radius 3 is 2.19 bits per heavy atom. The predicted octanol–water partition coefficient (Wildman–Crippen LogP) is 4.35. The van der Waals surface area contributed by atoms with Crippen LogP contribution in [-0.4, -0.2) is 48.5 Å². The third-order valence-corrected chi connectivity index (χ3v) is 4.02. The van der Waals surface area contributed by atoms with E-state index in [2.05, 4.69) is 15.0 Å². The molecule has 2 rings (SSSR count). The molecule has 0 aromatic heterocycles. The van der Waals surface area contributed by atoms with E-state index in [0.717, 1.165) is 12.1 Å². The maximum atomic E-state index is 12.2. The molecule has 0 atom stereocenters. The van der Waals surface area contributed by atoms with Crippen molar-refractivity contribution >= 4 is 23.0 Å². The molecule has 0 bridgehead atoms. The van der Waals surface area contributed by atoms with Crippen molar-refractivity contribution in [3.05, 3.63) is 60.2 Å². The highest BCUT2D eigenvalue weighted by Crippen LogP contribution is 2.24. The van der Waals surface area contributed by atoms with Crippen molar-refractivity contribution in [1.29, 1.82) is 0 Å². The summed E-state index contributed by atoms with van der Waals surface area (Å²) >= 11 is 5.51. The molecule has 2 aromatic carbocycles. The Bertz CT molecular complexity index is 721. The molecule has 0 amide bonds. The molecule has 8 heteroatoms. The van der Waals surface area contributed by atoms with E-state index in [1.54, 1.807) is 0 Å². The van der Waals surface area contributed by atoms with Gasteiger partial charge in [0.2, 0.25) is 0 Å². The monoisotopic (exact) mass is 397 g/mol. The van der Waals surface area contributed by atoms with E-state index in [0.29, 0.717) is 23.9 Å². The van der Waals surface area contributed by atoms with Crippen LogP contribution in [-0.2, 0) is 6.54 Å². The van der Waals surface area contributed by atoms with Crippen LogP contribution in [0.25, 0.3) is 0 Å². The van der Waals surface area contributed by atoms with Crippen molar-refractivity contribution in [3.8, 4) is 5.75 Å². The van der Waals surface area contributed by atoms with Gasteiger partial charge in [0.25, 0.3) is 0 Å². The van der Waals surface area contributed by atoms with Crippen LogP contribution < -0.4 is 10.1 Å². The molecule has 0 saturated heterocycles. The molecule has 146 valence electrons. The molecule has 0 aliphatic carbocycles. The molecular weight excluding hydrogens is 375 g/mol. The van der Waals surface area contributed by atoms with Crippen molar-refractivity contribution < 1.29 is 17.9 Å². The van der Waals surface area contributed by atoms with Crippen LogP contribution in [0.5, 0.6) is 5.75 Å². The number of nitrogens with one attached hydrogen (secondary N) is 1. The number of benzene rings is 2. The van der Waals surface area contributed by atoms with E-state index in [9.17, 15) is 13.2 Å². The average molecular weight is 397 g/mol. The van der Waals surface area contributed by atoms with Crippen molar-refractivity contribution in [2.75, 3.05) is 32.5 Å².